The number of nitrogens with zero attached hydrogens (tertiary/aromatic N) is 2. The van der Waals surface area contributed by atoms with Crippen LogP contribution in [0.4, 0.5) is 11.4 Å². The number of nitriles is 1. The maximum Gasteiger partial charge on any atom is 0.258 e. The number of aryl methyl sites for hydroxylation is 3. The number of hydrogen-bond acceptors (Lipinski definition) is 6. The first-order valence-corrected chi connectivity index (χ1v) is 13.2. The van der Waals surface area contributed by atoms with Crippen molar-refractivity contribution in [1.82, 2.24) is 4.98 Å². The number of aromatic nitrogens is 1. The molecule has 4 rings (SSSR count). The molecule has 0 aliphatic heterocycles. The molecule has 0 saturated heterocycles. The molecule has 2 N–H and O–H groups in total. The van der Waals surface area contributed by atoms with Crippen molar-refractivity contribution in [2.24, 2.45) is 0 Å². The Morgan fingerprint density at radius 1 is 0.923 bits per heavy atom. The molecule has 0 aliphatic rings. The molecule has 1 aromatic heterocycles. The first-order chi connectivity index (χ1) is 18.8. The lowest BCUT2D eigenvalue weighted by molar-refractivity contribution is -0.113. The van der Waals surface area contributed by atoms with Gasteiger partial charge in [0.15, 0.2) is 0 Å². The molecule has 0 saturated carbocycles. The zero-order valence-corrected chi connectivity index (χ0v) is 23.0. The lowest BCUT2D eigenvalue weighted by Crippen LogP contribution is -2.18. The van der Waals surface area contributed by atoms with Gasteiger partial charge in [-0.25, -0.2) is 4.98 Å². The van der Waals surface area contributed by atoms with Crippen LogP contribution < -0.4 is 15.4 Å². The number of para-hydroxylation sites is 1. The van der Waals surface area contributed by atoms with E-state index >= 15 is 0 Å². The molecular formula is C31H28N4O3S. The molecule has 4 aromatic rings. The summed E-state index contributed by atoms with van der Waals surface area (Å²) in [7, 11) is 1.57. The predicted molar refractivity (Wildman–Crippen MR) is 155 cm³/mol. The standard InChI is InChI=1S/C31H28N4O3S/c1-19-10-13-24(16-20(19)2)34-27(36)18-39-31-26(17-32)29(22-11-14-25(38-4)15-12-22)28(21(3)33-31)30(37)35-23-8-6-5-7-9-23/h5-16H,18H2,1-4H3,(H,34,36)(H,35,37). The van der Waals surface area contributed by atoms with Crippen molar-refractivity contribution in [2.75, 3.05) is 23.5 Å². The third-order valence-electron chi connectivity index (χ3n) is 6.22. The molecule has 0 atom stereocenters. The highest BCUT2D eigenvalue weighted by atomic mass is 32.2. The summed E-state index contributed by atoms with van der Waals surface area (Å²) >= 11 is 1.16. The van der Waals surface area contributed by atoms with Crippen molar-refractivity contribution in [3.63, 3.8) is 0 Å². The molecule has 8 heteroatoms. The molecular weight excluding hydrogens is 508 g/mol. The number of carbonyl (C=O) groups is 2. The topological polar surface area (TPSA) is 104 Å². The number of rotatable bonds is 8. The summed E-state index contributed by atoms with van der Waals surface area (Å²) in [6.45, 7) is 5.73. The highest BCUT2D eigenvalue weighted by Crippen LogP contribution is 2.36. The van der Waals surface area contributed by atoms with Gasteiger partial charge in [-0.3, -0.25) is 9.59 Å². The van der Waals surface area contributed by atoms with Gasteiger partial charge in [0.1, 0.15) is 16.8 Å². The third kappa shape index (κ3) is 6.46. The number of amides is 2. The summed E-state index contributed by atoms with van der Waals surface area (Å²) in [5.74, 6) is 0.100. The van der Waals surface area contributed by atoms with Gasteiger partial charge in [-0.15, -0.1) is 0 Å². The van der Waals surface area contributed by atoms with Gasteiger partial charge in [0, 0.05) is 16.9 Å². The van der Waals surface area contributed by atoms with Crippen molar-refractivity contribution in [2.45, 2.75) is 25.8 Å². The number of methoxy groups -OCH3 is 1. The van der Waals surface area contributed by atoms with Crippen molar-refractivity contribution >= 4 is 35.0 Å². The van der Waals surface area contributed by atoms with Gasteiger partial charge < -0.3 is 15.4 Å². The van der Waals surface area contributed by atoms with Crippen LogP contribution >= 0.6 is 11.8 Å². The Morgan fingerprint density at radius 3 is 2.28 bits per heavy atom. The number of thioether (sulfide) groups is 1. The predicted octanol–water partition coefficient (Wildman–Crippen LogP) is 6.54. The average molecular weight is 537 g/mol. The number of carbonyl (C=O) groups excluding carboxylic acids is 2. The van der Waals surface area contributed by atoms with Crippen LogP contribution in [0.25, 0.3) is 11.1 Å². The molecule has 0 unspecified atom stereocenters. The minimum absolute atomic E-state index is 0.0473. The Balaban J connectivity index is 1.70. The normalized spacial score (nSPS) is 10.4. The van der Waals surface area contributed by atoms with E-state index in [9.17, 15) is 14.9 Å². The van der Waals surface area contributed by atoms with Gasteiger partial charge in [-0.1, -0.05) is 48.2 Å². The molecule has 3 aromatic carbocycles. The Kier molecular flexibility index (Phi) is 8.64. The van der Waals surface area contributed by atoms with Crippen molar-refractivity contribution in [3.8, 4) is 22.9 Å². The van der Waals surface area contributed by atoms with E-state index in [2.05, 4.69) is 21.7 Å². The summed E-state index contributed by atoms with van der Waals surface area (Å²) in [4.78, 5) is 30.9. The number of anilines is 2. The van der Waals surface area contributed by atoms with E-state index in [-0.39, 0.29) is 23.1 Å². The maximum absolute atomic E-state index is 13.5. The summed E-state index contributed by atoms with van der Waals surface area (Å²) < 4.78 is 5.29. The van der Waals surface area contributed by atoms with Gasteiger partial charge in [-0.2, -0.15) is 5.26 Å². The minimum Gasteiger partial charge on any atom is -0.497 e. The number of nitrogens with one attached hydrogen (secondary N) is 2. The molecule has 0 bridgehead atoms. The van der Waals surface area contributed by atoms with Crippen LogP contribution in [0.1, 0.15) is 32.7 Å². The third-order valence-corrected chi connectivity index (χ3v) is 7.20. The van der Waals surface area contributed by atoms with E-state index in [0.717, 1.165) is 22.9 Å². The molecule has 39 heavy (non-hydrogen) atoms. The van der Waals surface area contributed by atoms with Crippen LogP contribution in [0.2, 0.25) is 0 Å². The first-order valence-electron chi connectivity index (χ1n) is 12.3. The van der Waals surface area contributed by atoms with E-state index in [4.69, 9.17) is 4.74 Å². The fourth-order valence-corrected chi connectivity index (χ4v) is 4.91. The summed E-state index contributed by atoms with van der Waals surface area (Å²) in [6, 6.07) is 24.2. The number of ether oxygens (including phenoxy) is 1. The van der Waals surface area contributed by atoms with E-state index in [1.165, 1.54) is 0 Å². The SMILES string of the molecule is COc1ccc(-c2c(C#N)c(SCC(=O)Nc3ccc(C)c(C)c3)nc(C)c2C(=O)Nc2ccccc2)cc1. The van der Waals surface area contributed by atoms with E-state index in [0.29, 0.717) is 44.5 Å². The zero-order chi connectivity index (χ0) is 27.9. The van der Waals surface area contributed by atoms with Crippen LogP contribution in [-0.4, -0.2) is 29.7 Å². The molecule has 0 radical (unpaired) electrons. The quantitative estimate of drug-likeness (QED) is 0.248. The van der Waals surface area contributed by atoms with Crippen LogP contribution in [-0.2, 0) is 4.79 Å². The fourth-order valence-electron chi connectivity index (χ4n) is 4.07. The van der Waals surface area contributed by atoms with E-state index in [1.54, 1.807) is 50.4 Å². The Labute approximate surface area is 232 Å². The molecule has 0 fully saturated rings. The first kappa shape index (κ1) is 27.4. The van der Waals surface area contributed by atoms with Gasteiger partial charge >= 0.3 is 0 Å². The molecule has 2 amide bonds. The maximum atomic E-state index is 13.5. The van der Waals surface area contributed by atoms with Crippen LogP contribution in [0.15, 0.2) is 77.8 Å². The second-order valence-corrected chi connectivity index (χ2v) is 9.89. The lowest BCUT2D eigenvalue weighted by Gasteiger charge is -2.17. The summed E-state index contributed by atoms with van der Waals surface area (Å²) in [5.41, 5.74) is 5.65. The lowest BCUT2D eigenvalue weighted by atomic mass is 9.94. The Bertz CT molecular complexity index is 1560. The number of hydrogen-bond donors (Lipinski definition) is 2. The Hall–Kier alpha value is -4.61. The van der Waals surface area contributed by atoms with Gasteiger partial charge in [0.25, 0.3) is 5.91 Å². The summed E-state index contributed by atoms with van der Waals surface area (Å²) in [6.07, 6.45) is 0. The molecule has 1 heterocycles. The van der Waals surface area contributed by atoms with Gasteiger partial charge in [-0.05, 0) is 73.9 Å². The van der Waals surface area contributed by atoms with Crippen LogP contribution in [0, 0.1) is 32.1 Å². The molecule has 0 spiro atoms. The summed E-state index contributed by atoms with van der Waals surface area (Å²) in [5, 5.41) is 16.4. The van der Waals surface area contributed by atoms with Crippen LogP contribution in [0.3, 0.4) is 0 Å². The van der Waals surface area contributed by atoms with Crippen molar-refractivity contribution in [1.29, 1.82) is 5.26 Å². The second-order valence-electron chi connectivity index (χ2n) is 8.92. The van der Waals surface area contributed by atoms with Crippen molar-refractivity contribution < 1.29 is 14.3 Å². The number of benzene rings is 3. The number of pyridine rings is 1. The minimum atomic E-state index is -0.377. The monoisotopic (exact) mass is 536 g/mol. The van der Waals surface area contributed by atoms with Crippen molar-refractivity contribution in [3.05, 3.63) is 101 Å². The van der Waals surface area contributed by atoms with E-state index in [1.807, 2.05) is 50.2 Å². The van der Waals surface area contributed by atoms with Gasteiger partial charge in [0.2, 0.25) is 5.91 Å². The smallest absolute Gasteiger partial charge is 0.258 e. The van der Waals surface area contributed by atoms with E-state index < -0.39 is 0 Å². The van der Waals surface area contributed by atoms with Gasteiger partial charge in [0.05, 0.1) is 29.7 Å². The molecule has 196 valence electrons. The largest absolute Gasteiger partial charge is 0.497 e. The highest BCUT2D eigenvalue weighted by Gasteiger charge is 2.25. The average Bonchev–Trinajstić information content (AvgIpc) is 2.94. The van der Waals surface area contributed by atoms with Crippen LogP contribution in [0.5, 0.6) is 5.75 Å². The second kappa shape index (κ2) is 12.3. The highest BCUT2D eigenvalue weighted by molar-refractivity contribution is 8.00. The fraction of sp³-hybridized carbons (Fsp3) is 0.161. The molecule has 0 aliphatic carbocycles. The zero-order valence-electron chi connectivity index (χ0n) is 22.2. The Morgan fingerprint density at radius 2 is 1.64 bits per heavy atom. The molecule has 7 nitrogen and oxygen atoms in total.